The van der Waals surface area contributed by atoms with Gasteiger partial charge in [0.1, 0.15) is 23.4 Å². The summed E-state index contributed by atoms with van der Waals surface area (Å²) in [5.74, 6) is 1.77. The van der Waals surface area contributed by atoms with E-state index in [1.807, 2.05) is 24.0 Å². The molecule has 0 spiro atoms. The molecule has 0 bridgehead atoms. The van der Waals surface area contributed by atoms with Gasteiger partial charge >= 0.3 is 0 Å². The molecule has 7 nitrogen and oxygen atoms in total. The molecule has 0 saturated carbocycles. The summed E-state index contributed by atoms with van der Waals surface area (Å²) in [6, 6.07) is 10.7. The van der Waals surface area contributed by atoms with Crippen LogP contribution in [0.25, 0.3) is 0 Å². The van der Waals surface area contributed by atoms with Crippen molar-refractivity contribution in [3.05, 3.63) is 36.4 Å². The van der Waals surface area contributed by atoms with Crippen LogP contribution in [0.4, 0.5) is 17.1 Å². The number of nitrogens with two attached hydrogens (primary N) is 1. The second-order valence-electron chi connectivity index (χ2n) is 6.15. The SMILES string of the molecule is COc1ccc(NC(=O)CN2CC(C)Oc3ccc(N)cc32)c(OC)c1. The number of carbonyl (C=O) groups excluding carboxylic acids is 1. The minimum atomic E-state index is -0.157. The van der Waals surface area contributed by atoms with Gasteiger partial charge in [-0.25, -0.2) is 0 Å². The molecule has 1 amide bonds. The van der Waals surface area contributed by atoms with Gasteiger partial charge in [0.15, 0.2) is 0 Å². The van der Waals surface area contributed by atoms with Gasteiger partial charge in [-0.15, -0.1) is 0 Å². The molecule has 2 aromatic carbocycles. The number of ether oxygens (including phenoxy) is 3. The second-order valence-corrected chi connectivity index (χ2v) is 6.15. The van der Waals surface area contributed by atoms with Crippen LogP contribution in [0.1, 0.15) is 6.92 Å². The van der Waals surface area contributed by atoms with Crippen LogP contribution in [-0.4, -0.2) is 39.3 Å². The second kappa shape index (κ2) is 7.43. The Kier molecular flexibility index (Phi) is 5.06. The molecule has 1 atom stereocenters. The zero-order valence-electron chi connectivity index (χ0n) is 15.1. The molecule has 26 heavy (non-hydrogen) atoms. The normalized spacial score (nSPS) is 15.7. The minimum Gasteiger partial charge on any atom is -0.497 e. The van der Waals surface area contributed by atoms with Crippen LogP contribution in [0, 0.1) is 0 Å². The van der Waals surface area contributed by atoms with Gasteiger partial charge in [-0.1, -0.05) is 0 Å². The molecule has 0 radical (unpaired) electrons. The molecule has 1 aliphatic heterocycles. The molecular weight excluding hydrogens is 334 g/mol. The van der Waals surface area contributed by atoms with Crippen molar-refractivity contribution in [1.82, 2.24) is 0 Å². The molecule has 2 aromatic rings. The zero-order chi connectivity index (χ0) is 18.7. The lowest BCUT2D eigenvalue weighted by Crippen LogP contribution is -2.42. The molecule has 7 heteroatoms. The van der Waals surface area contributed by atoms with Gasteiger partial charge < -0.3 is 30.2 Å². The topological polar surface area (TPSA) is 86.0 Å². The number of hydrogen-bond acceptors (Lipinski definition) is 6. The molecule has 0 aromatic heterocycles. The van der Waals surface area contributed by atoms with Crippen molar-refractivity contribution in [2.45, 2.75) is 13.0 Å². The fourth-order valence-electron chi connectivity index (χ4n) is 2.96. The van der Waals surface area contributed by atoms with Crippen molar-refractivity contribution in [3.8, 4) is 17.2 Å². The molecule has 3 N–H and O–H groups in total. The molecule has 3 rings (SSSR count). The van der Waals surface area contributed by atoms with Gasteiger partial charge in [0, 0.05) is 11.8 Å². The Bertz CT molecular complexity index is 809. The molecular formula is C19H23N3O4. The van der Waals surface area contributed by atoms with Crippen molar-refractivity contribution >= 4 is 23.0 Å². The summed E-state index contributed by atoms with van der Waals surface area (Å²) < 4.78 is 16.3. The summed E-state index contributed by atoms with van der Waals surface area (Å²) in [5, 5.41) is 2.89. The van der Waals surface area contributed by atoms with Gasteiger partial charge in [-0.2, -0.15) is 0 Å². The van der Waals surface area contributed by atoms with Gasteiger partial charge in [-0.05, 0) is 37.3 Å². The number of rotatable bonds is 5. The molecule has 1 heterocycles. The number of fused-ring (bicyclic) bond motifs is 1. The minimum absolute atomic E-state index is 0.0190. The number of methoxy groups -OCH3 is 2. The smallest absolute Gasteiger partial charge is 0.243 e. The highest BCUT2D eigenvalue weighted by Gasteiger charge is 2.25. The van der Waals surface area contributed by atoms with Crippen LogP contribution in [0.15, 0.2) is 36.4 Å². The molecule has 138 valence electrons. The maximum absolute atomic E-state index is 12.6. The number of anilines is 3. The predicted octanol–water partition coefficient (Wildman–Crippen LogP) is 2.51. The zero-order valence-corrected chi connectivity index (χ0v) is 15.1. The van der Waals surface area contributed by atoms with Gasteiger partial charge in [-0.3, -0.25) is 4.79 Å². The maximum atomic E-state index is 12.6. The molecule has 0 saturated heterocycles. The molecule has 1 aliphatic rings. The summed E-state index contributed by atoms with van der Waals surface area (Å²) in [5.41, 5.74) is 7.93. The number of nitrogen functional groups attached to an aromatic ring is 1. The first-order chi connectivity index (χ1) is 12.5. The average Bonchev–Trinajstić information content (AvgIpc) is 2.62. The Morgan fingerprint density at radius 2 is 2.08 bits per heavy atom. The Morgan fingerprint density at radius 1 is 1.27 bits per heavy atom. The molecule has 0 aliphatic carbocycles. The monoisotopic (exact) mass is 357 g/mol. The third-order valence-electron chi connectivity index (χ3n) is 4.15. The van der Waals surface area contributed by atoms with E-state index < -0.39 is 0 Å². The average molecular weight is 357 g/mol. The largest absolute Gasteiger partial charge is 0.497 e. The number of amides is 1. The van der Waals surface area contributed by atoms with Crippen molar-refractivity contribution < 1.29 is 19.0 Å². The number of carbonyl (C=O) groups is 1. The van der Waals surface area contributed by atoms with Crippen LogP contribution in [-0.2, 0) is 4.79 Å². The summed E-state index contributed by atoms with van der Waals surface area (Å²) in [6.45, 7) is 2.75. The first-order valence-electron chi connectivity index (χ1n) is 8.33. The summed E-state index contributed by atoms with van der Waals surface area (Å²) in [7, 11) is 3.13. The van der Waals surface area contributed by atoms with Gasteiger partial charge in [0.2, 0.25) is 5.91 Å². The first kappa shape index (κ1) is 17.7. The number of hydrogen-bond donors (Lipinski definition) is 2. The summed E-state index contributed by atoms with van der Waals surface area (Å²) in [6.07, 6.45) is -0.0190. The van der Waals surface area contributed by atoms with Crippen molar-refractivity contribution in [1.29, 1.82) is 0 Å². The van der Waals surface area contributed by atoms with Crippen LogP contribution in [0.5, 0.6) is 17.2 Å². The van der Waals surface area contributed by atoms with E-state index in [1.165, 1.54) is 0 Å². The predicted molar refractivity (Wildman–Crippen MR) is 101 cm³/mol. The third-order valence-corrected chi connectivity index (χ3v) is 4.15. The van der Waals surface area contributed by atoms with Gasteiger partial charge in [0.25, 0.3) is 0 Å². The van der Waals surface area contributed by atoms with E-state index in [0.717, 1.165) is 11.4 Å². The Balaban J connectivity index is 1.76. The highest BCUT2D eigenvalue weighted by Crippen LogP contribution is 2.35. The van der Waals surface area contributed by atoms with E-state index in [1.54, 1.807) is 38.5 Å². The lowest BCUT2D eigenvalue weighted by Gasteiger charge is -2.34. The maximum Gasteiger partial charge on any atom is 0.243 e. The standard InChI is InChI=1S/C19H23N3O4/c1-12-10-22(16-8-13(20)4-7-17(16)26-12)11-19(23)21-15-6-5-14(24-2)9-18(15)25-3/h4-9,12H,10-11,20H2,1-3H3,(H,21,23). The van der Waals surface area contributed by atoms with E-state index in [4.69, 9.17) is 19.9 Å². The lowest BCUT2D eigenvalue weighted by atomic mass is 10.1. The number of nitrogens with zero attached hydrogens (tertiary/aromatic N) is 1. The number of nitrogens with one attached hydrogen (secondary N) is 1. The summed E-state index contributed by atoms with van der Waals surface area (Å²) >= 11 is 0. The van der Waals surface area contributed by atoms with Crippen LogP contribution >= 0.6 is 0 Å². The van der Waals surface area contributed by atoms with E-state index in [0.29, 0.717) is 29.4 Å². The van der Waals surface area contributed by atoms with Crippen LogP contribution in [0.3, 0.4) is 0 Å². The quantitative estimate of drug-likeness (QED) is 0.800. The highest BCUT2D eigenvalue weighted by molar-refractivity contribution is 5.96. The number of benzene rings is 2. The van der Waals surface area contributed by atoms with Gasteiger partial charge in [0.05, 0.1) is 38.7 Å². The van der Waals surface area contributed by atoms with Crippen LogP contribution < -0.4 is 30.2 Å². The van der Waals surface area contributed by atoms with E-state index in [9.17, 15) is 4.79 Å². The highest BCUT2D eigenvalue weighted by atomic mass is 16.5. The van der Waals surface area contributed by atoms with Crippen LogP contribution in [0.2, 0.25) is 0 Å². The third kappa shape index (κ3) is 3.77. The molecule has 1 unspecified atom stereocenters. The Morgan fingerprint density at radius 3 is 2.81 bits per heavy atom. The van der Waals surface area contributed by atoms with E-state index in [2.05, 4.69) is 5.32 Å². The van der Waals surface area contributed by atoms with E-state index >= 15 is 0 Å². The first-order valence-corrected chi connectivity index (χ1v) is 8.33. The van der Waals surface area contributed by atoms with Crippen molar-refractivity contribution in [3.63, 3.8) is 0 Å². The fraction of sp³-hybridized carbons (Fsp3) is 0.316. The van der Waals surface area contributed by atoms with Crippen molar-refractivity contribution in [2.24, 2.45) is 0 Å². The Labute approximate surface area is 152 Å². The van der Waals surface area contributed by atoms with Crippen molar-refractivity contribution in [2.75, 3.05) is 43.3 Å². The molecule has 0 fully saturated rings. The van der Waals surface area contributed by atoms with E-state index in [-0.39, 0.29) is 18.6 Å². The Hall–Kier alpha value is -3.09. The lowest BCUT2D eigenvalue weighted by molar-refractivity contribution is -0.115. The summed E-state index contributed by atoms with van der Waals surface area (Å²) in [4.78, 5) is 14.6. The fourth-order valence-corrected chi connectivity index (χ4v) is 2.96.